The van der Waals surface area contributed by atoms with E-state index < -0.39 is 0 Å². The van der Waals surface area contributed by atoms with Crippen molar-refractivity contribution in [2.24, 2.45) is 11.7 Å². The zero-order chi connectivity index (χ0) is 8.85. The number of amides is 1. The molecule has 1 amide bonds. The van der Waals surface area contributed by atoms with Crippen LogP contribution >= 0.6 is 0 Å². The molecule has 0 aliphatic carbocycles. The summed E-state index contributed by atoms with van der Waals surface area (Å²) in [5.74, 6) is 0.300. The Kier molecular flexibility index (Phi) is 4.86. The first kappa shape index (κ1) is 10.4. The number of hydrogen-bond acceptors (Lipinski definition) is 2. The number of primary amides is 1. The average molecular weight is 158 g/mol. The largest absolute Gasteiger partial charge is 0.369 e. The SMILES string of the molecule is CC[C@H](C)[C@@H](C)NCC(N)=O. The maximum Gasteiger partial charge on any atom is 0.231 e. The summed E-state index contributed by atoms with van der Waals surface area (Å²) < 4.78 is 0. The van der Waals surface area contributed by atoms with Gasteiger partial charge < -0.3 is 11.1 Å². The number of nitrogens with two attached hydrogens (primary N) is 1. The highest BCUT2D eigenvalue weighted by Crippen LogP contribution is 2.05. The quantitative estimate of drug-likeness (QED) is 0.612. The number of nitrogens with one attached hydrogen (secondary N) is 1. The summed E-state index contributed by atoms with van der Waals surface area (Å²) in [6.07, 6.45) is 1.12. The van der Waals surface area contributed by atoms with Crippen LogP contribution in [0.2, 0.25) is 0 Å². The third-order valence-corrected chi connectivity index (χ3v) is 2.10. The van der Waals surface area contributed by atoms with Crippen molar-refractivity contribution >= 4 is 5.91 Å². The first-order chi connectivity index (χ1) is 5.07. The van der Waals surface area contributed by atoms with Gasteiger partial charge in [0.2, 0.25) is 5.91 Å². The lowest BCUT2D eigenvalue weighted by Crippen LogP contribution is -2.38. The van der Waals surface area contributed by atoms with Crippen molar-refractivity contribution in [2.45, 2.75) is 33.2 Å². The molecule has 0 heterocycles. The minimum absolute atomic E-state index is 0.283. The molecule has 0 aliphatic rings. The second-order valence-electron chi connectivity index (χ2n) is 3.02. The minimum Gasteiger partial charge on any atom is -0.369 e. The topological polar surface area (TPSA) is 55.1 Å². The van der Waals surface area contributed by atoms with Gasteiger partial charge in [-0.05, 0) is 12.8 Å². The maximum atomic E-state index is 10.4. The Balaban J connectivity index is 3.51. The highest BCUT2D eigenvalue weighted by molar-refractivity contribution is 5.75. The molecule has 0 aliphatic heterocycles. The van der Waals surface area contributed by atoms with Crippen LogP contribution in [0.1, 0.15) is 27.2 Å². The lowest BCUT2D eigenvalue weighted by molar-refractivity contribution is -0.117. The molecule has 2 atom stereocenters. The van der Waals surface area contributed by atoms with E-state index in [1.807, 2.05) is 0 Å². The zero-order valence-corrected chi connectivity index (χ0v) is 7.55. The molecule has 0 saturated heterocycles. The molecule has 0 fully saturated rings. The molecular formula is C8H18N2O. The van der Waals surface area contributed by atoms with Gasteiger partial charge in [0.25, 0.3) is 0 Å². The van der Waals surface area contributed by atoms with Crippen LogP contribution in [0.25, 0.3) is 0 Å². The van der Waals surface area contributed by atoms with E-state index in [2.05, 4.69) is 26.1 Å². The molecule has 0 aromatic rings. The standard InChI is InChI=1S/C8H18N2O/c1-4-6(2)7(3)10-5-8(9)11/h6-7,10H,4-5H2,1-3H3,(H2,9,11)/t6-,7+/m0/s1. The van der Waals surface area contributed by atoms with E-state index in [4.69, 9.17) is 5.73 Å². The molecule has 66 valence electrons. The number of carbonyl (C=O) groups is 1. The monoisotopic (exact) mass is 158 g/mol. The smallest absolute Gasteiger partial charge is 0.231 e. The van der Waals surface area contributed by atoms with Crippen LogP contribution in [0.15, 0.2) is 0 Å². The van der Waals surface area contributed by atoms with Gasteiger partial charge in [0.15, 0.2) is 0 Å². The molecule has 3 heteroatoms. The van der Waals surface area contributed by atoms with Gasteiger partial charge in [-0.3, -0.25) is 4.79 Å². The van der Waals surface area contributed by atoms with E-state index in [0.29, 0.717) is 12.0 Å². The molecule has 0 spiro atoms. The molecule has 0 saturated carbocycles. The summed E-state index contributed by atoms with van der Waals surface area (Å²) in [6.45, 7) is 6.63. The van der Waals surface area contributed by atoms with Gasteiger partial charge in [-0.25, -0.2) is 0 Å². The molecular weight excluding hydrogens is 140 g/mol. The summed E-state index contributed by atoms with van der Waals surface area (Å²) in [7, 11) is 0. The molecule has 0 unspecified atom stereocenters. The second kappa shape index (κ2) is 5.13. The lowest BCUT2D eigenvalue weighted by Gasteiger charge is -2.18. The van der Waals surface area contributed by atoms with Crippen molar-refractivity contribution in [3.8, 4) is 0 Å². The Hall–Kier alpha value is -0.570. The van der Waals surface area contributed by atoms with Crippen LogP contribution < -0.4 is 11.1 Å². The van der Waals surface area contributed by atoms with Crippen LogP contribution in [0.3, 0.4) is 0 Å². The highest BCUT2D eigenvalue weighted by atomic mass is 16.1. The molecule has 0 rings (SSSR count). The van der Waals surface area contributed by atoms with Gasteiger partial charge in [-0.15, -0.1) is 0 Å². The van der Waals surface area contributed by atoms with Crippen molar-refractivity contribution < 1.29 is 4.79 Å². The Bertz CT molecular complexity index is 125. The molecule has 0 aromatic carbocycles. The van der Waals surface area contributed by atoms with E-state index in [1.54, 1.807) is 0 Å². The fourth-order valence-electron chi connectivity index (χ4n) is 0.816. The van der Waals surface area contributed by atoms with Crippen LogP contribution in [0.5, 0.6) is 0 Å². The maximum absolute atomic E-state index is 10.4. The molecule has 11 heavy (non-hydrogen) atoms. The van der Waals surface area contributed by atoms with Crippen molar-refractivity contribution in [2.75, 3.05) is 6.54 Å². The number of carbonyl (C=O) groups excluding carboxylic acids is 1. The first-order valence-electron chi connectivity index (χ1n) is 4.09. The van der Waals surface area contributed by atoms with Crippen molar-refractivity contribution in [1.29, 1.82) is 0 Å². The van der Waals surface area contributed by atoms with Crippen molar-refractivity contribution in [1.82, 2.24) is 5.32 Å². The fraction of sp³-hybridized carbons (Fsp3) is 0.875. The molecule has 3 N–H and O–H groups in total. The van der Waals surface area contributed by atoms with E-state index >= 15 is 0 Å². The van der Waals surface area contributed by atoms with Crippen LogP contribution in [-0.4, -0.2) is 18.5 Å². The second-order valence-corrected chi connectivity index (χ2v) is 3.02. The lowest BCUT2D eigenvalue weighted by atomic mass is 10.0. The zero-order valence-electron chi connectivity index (χ0n) is 7.55. The van der Waals surface area contributed by atoms with Crippen molar-refractivity contribution in [3.63, 3.8) is 0 Å². The summed E-state index contributed by atoms with van der Waals surface area (Å²) in [5, 5.41) is 3.06. The number of rotatable bonds is 5. The van der Waals surface area contributed by atoms with E-state index in [9.17, 15) is 4.79 Å². The van der Waals surface area contributed by atoms with E-state index in [1.165, 1.54) is 0 Å². The normalized spacial score (nSPS) is 15.9. The molecule has 0 bridgehead atoms. The van der Waals surface area contributed by atoms with Gasteiger partial charge in [0.1, 0.15) is 0 Å². The van der Waals surface area contributed by atoms with Gasteiger partial charge in [0.05, 0.1) is 6.54 Å². The van der Waals surface area contributed by atoms with E-state index in [-0.39, 0.29) is 12.5 Å². The Morgan fingerprint density at radius 2 is 2.09 bits per heavy atom. The van der Waals surface area contributed by atoms with Crippen molar-refractivity contribution in [3.05, 3.63) is 0 Å². The van der Waals surface area contributed by atoms with E-state index in [0.717, 1.165) is 6.42 Å². The average Bonchev–Trinajstić information content (AvgIpc) is 1.98. The van der Waals surface area contributed by atoms with Gasteiger partial charge in [-0.2, -0.15) is 0 Å². The van der Waals surface area contributed by atoms with Gasteiger partial charge in [0, 0.05) is 6.04 Å². The van der Waals surface area contributed by atoms with Crippen LogP contribution in [-0.2, 0) is 4.79 Å². The Labute approximate surface area is 68.3 Å². The Morgan fingerprint density at radius 3 is 2.45 bits per heavy atom. The molecule has 3 nitrogen and oxygen atoms in total. The fourth-order valence-corrected chi connectivity index (χ4v) is 0.816. The predicted molar refractivity (Wildman–Crippen MR) is 46.1 cm³/mol. The predicted octanol–water partition coefficient (Wildman–Crippen LogP) is 0.496. The third kappa shape index (κ3) is 4.79. The summed E-state index contributed by atoms with van der Waals surface area (Å²) in [6, 6.07) is 0.368. The summed E-state index contributed by atoms with van der Waals surface area (Å²) >= 11 is 0. The minimum atomic E-state index is -0.292. The summed E-state index contributed by atoms with van der Waals surface area (Å²) in [4.78, 5) is 10.4. The summed E-state index contributed by atoms with van der Waals surface area (Å²) in [5.41, 5.74) is 4.98. The highest BCUT2D eigenvalue weighted by Gasteiger charge is 2.09. The Morgan fingerprint density at radius 1 is 1.55 bits per heavy atom. The first-order valence-corrected chi connectivity index (χ1v) is 4.09. The van der Waals surface area contributed by atoms with Crippen LogP contribution in [0.4, 0.5) is 0 Å². The molecule has 0 aromatic heterocycles. The number of hydrogen-bond donors (Lipinski definition) is 2. The molecule has 0 radical (unpaired) electrons. The third-order valence-electron chi connectivity index (χ3n) is 2.10. The van der Waals surface area contributed by atoms with Gasteiger partial charge >= 0.3 is 0 Å². The van der Waals surface area contributed by atoms with Crippen LogP contribution in [0, 0.1) is 5.92 Å². The van der Waals surface area contributed by atoms with Gasteiger partial charge in [-0.1, -0.05) is 20.3 Å².